The van der Waals surface area contributed by atoms with E-state index < -0.39 is 95.6 Å². The van der Waals surface area contributed by atoms with E-state index in [0.717, 1.165) is 45.1 Å². The van der Waals surface area contributed by atoms with Crippen LogP contribution in [0.4, 0.5) is 21.0 Å². The fourth-order valence-electron chi connectivity index (χ4n) is 11.4. The van der Waals surface area contributed by atoms with Gasteiger partial charge < -0.3 is 75.2 Å². The standard InChI is InChI=1S/C64H81N11O14/c1-64(2,3)89-63(85)69-51-41-72(29-26-47-20-23-52(75(47)61(51)83)59(81)68-50(22-24-54(65)76)58(80)70-57(43-13-6-4-7-14-43)44-15-8-5-9-16-44)62(84)67-27-31-86-33-35-88-36-34-87-32-30-74(48-21-25-55(77)73(40-48)42-56(78)79)60(82)46-18-12-28-71(39-46)53-38-66-37-45-17-10-11-19-49(45)53/h4-11,13-17,19,21,25,37-38,40,46-47,50-52,57H,12,18,20,22-24,26-36,39,41-42H2,1-3H3,(H2,65,76)(H,67,84)(H,68,81)(H,69,85)(H,70,80)(H,78,79)/t46-,47+,50?,51-,52-/m0/s1. The number of urea groups is 1. The maximum atomic E-state index is 14.7. The Morgan fingerprint density at radius 2 is 1.44 bits per heavy atom. The molecule has 7 N–H and O–H groups in total. The van der Waals surface area contributed by atoms with Gasteiger partial charge in [0, 0.05) is 74.4 Å². The van der Waals surface area contributed by atoms with Gasteiger partial charge >= 0.3 is 18.1 Å². The number of ether oxygens (including phenoxy) is 4. The molecule has 0 bridgehead atoms. The van der Waals surface area contributed by atoms with Crippen LogP contribution in [0.15, 0.2) is 120 Å². The van der Waals surface area contributed by atoms with Gasteiger partial charge in [0.1, 0.15) is 30.3 Å². The Labute approximate surface area is 516 Å². The van der Waals surface area contributed by atoms with Crippen molar-refractivity contribution in [2.75, 3.05) is 88.7 Å². The minimum Gasteiger partial charge on any atom is -0.480 e. The number of carbonyl (C=O) groups is 8. The first-order valence-corrected chi connectivity index (χ1v) is 30.2. The van der Waals surface area contributed by atoms with Crippen molar-refractivity contribution in [1.29, 1.82) is 0 Å². The van der Waals surface area contributed by atoms with E-state index in [1.54, 1.807) is 25.7 Å². The number of aliphatic carboxylic acids is 1. The number of nitrogens with zero attached hydrogens (tertiary/aromatic N) is 6. The van der Waals surface area contributed by atoms with Crippen molar-refractivity contribution >= 4 is 69.8 Å². The third-order valence-corrected chi connectivity index (χ3v) is 15.7. The highest BCUT2D eigenvalue weighted by atomic mass is 16.6. The van der Waals surface area contributed by atoms with Gasteiger partial charge in [-0.3, -0.25) is 38.5 Å². The van der Waals surface area contributed by atoms with Gasteiger partial charge in [-0.15, -0.1) is 0 Å². The molecule has 5 heterocycles. The number of nitrogens with two attached hydrogens (primary N) is 1. The van der Waals surface area contributed by atoms with Crippen LogP contribution in [0.1, 0.15) is 82.9 Å². The minimum absolute atomic E-state index is 0.0959. The summed E-state index contributed by atoms with van der Waals surface area (Å²) in [5.74, 6) is -4.27. The first-order valence-electron chi connectivity index (χ1n) is 30.2. The predicted molar refractivity (Wildman–Crippen MR) is 329 cm³/mol. The molecule has 3 aliphatic rings. The lowest BCUT2D eigenvalue weighted by Gasteiger charge is -2.39. The molecule has 2 aromatic heterocycles. The average Bonchev–Trinajstić information content (AvgIpc) is 4.00. The molecule has 0 aliphatic carbocycles. The Morgan fingerprint density at radius 3 is 2.12 bits per heavy atom. The summed E-state index contributed by atoms with van der Waals surface area (Å²) in [5.41, 5.74) is 6.97. The Balaban J connectivity index is 0.802. The van der Waals surface area contributed by atoms with Crippen LogP contribution < -0.4 is 42.4 Å². The molecule has 0 saturated carbocycles. The number of carboxylic acids is 1. The van der Waals surface area contributed by atoms with Crippen LogP contribution >= 0.6 is 0 Å². The van der Waals surface area contributed by atoms with Crippen LogP contribution in [0, 0.1) is 5.92 Å². The molecule has 25 heteroatoms. The molecular weight excluding hydrogens is 1150 g/mol. The monoisotopic (exact) mass is 1230 g/mol. The van der Waals surface area contributed by atoms with Crippen LogP contribution in [0.5, 0.6) is 0 Å². The number of carbonyl (C=O) groups excluding carboxylic acids is 7. The van der Waals surface area contributed by atoms with E-state index in [1.807, 2.05) is 97.3 Å². The van der Waals surface area contributed by atoms with E-state index in [-0.39, 0.29) is 91.0 Å². The zero-order valence-corrected chi connectivity index (χ0v) is 50.6. The lowest BCUT2D eigenvalue weighted by atomic mass is 9.95. The number of anilines is 2. The normalized spacial score (nSPS) is 18.1. The summed E-state index contributed by atoms with van der Waals surface area (Å²) in [6, 6.07) is 24.1. The smallest absolute Gasteiger partial charge is 0.408 e. The van der Waals surface area contributed by atoms with Crippen molar-refractivity contribution in [2.24, 2.45) is 11.7 Å². The van der Waals surface area contributed by atoms with E-state index in [1.165, 1.54) is 28.1 Å². The summed E-state index contributed by atoms with van der Waals surface area (Å²) in [6.07, 6.45) is 6.07. The second-order valence-corrected chi connectivity index (χ2v) is 23.2. The second-order valence-electron chi connectivity index (χ2n) is 23.2. The number of pyridine rings is 2. The van der Waals surface area contributed by atoms with Crippen LogP contribution in [0.3, 0.4) is 0 Å². The number of hydrogen-bond donors (Lipinski definition) is 6. The van der Waals surface area contributed by atoms with Crippen LogP contribution in [0.25, 0.3) is 10.8 Å². The fourth-order valence-corrected chi connectivity index (χ4v) is 11.4. The lowest BCUT2D eigenvalue weighted by molar-refractivity contribution is -0.144. The van der Waals surface area contributed by atoms with Gasteiger partial charge in [-0.2, -0.15) is 0 Å². The molecule has 1 unspecified atom stereocenters. The Hall–Kier alpha value is -8.94. The number of primary amides is 1. The van der Waals surface area contributed by atoms with Crippen molar-refractivity contribution in [3.8, 4) is 0 Å². The summed E-state index contributed by atoms with van der Waals surface area (Å²) < 4.78 is 23.9. The number of amides is 8. The number of aromatic nitrogens is 2. The van der Waals surface area contributed by atoms with E-state index >= 15 is 0 Å². The molecule has 476 valence electrons. The van der Waals surface area contributed by atoms with Crippen molar-refractivity contribution in [3.63, 3.8) is 0 Å². The number of fused-ring (bicyclic) bond motifs is 2. The molecule has 8 rings (SSSR count). The molecule has 5 aromatic rings. The molecule has 89 heavy (non-hydrogen) atoms. The van der Waals surface area contributed by atoms with Crippen molar-refractivity contribution in [1.82, 2.24) is 40.6 Å². The number of hydrogen-bond acceptors (Lipinski definition) is 15. The summed E-state index contributed by atoms with van der Waals surface area (Å²) in [4.78, 5) is 132. The third kappa shape index (κ3) is 18.8. The maximum Gasteiger partial charge on any atom is 0.408 e. The quantitative estimate of drug-likeness (QED) is 0.0403. The van der Waals surface area contributed by atoms with Gasteiger partial charge in [-0.05, 0) is 76.5 Å². The molecule has 8 amide bonds. The Morgan fingerprint density at radius 1 is 0.764 bits per heavy atom. The van der Waals surface area contributed by atoms with Gasteiger partial charge in [-0.25, -0.2) is 9.59 Å². The van der Waals surface area contributed by atoms with Gasteiger partial charge in [0.05, 0.1) is 75.7 Å². The zero-order valence-electron chi connectivity index (χ0n) is 50.6. The predicted octanol–water partition coefficient (Wildman–Crippen LogP) is 4.10. The zero-order chi connectivity index (χ0) is 63.5. The number of rotatable bonds is 27. The van der Waals surface area contributed by atoms with Crippen molar-refractivity contribution < 1.29 is 62.4 Å². The van der Waals surface area contributed by atoms with Crippen LogP contribution in [-0.2, 0) is 54.3 Å². The first-order chi connectivity index (χ1) is 42.8. The minimum atomic E-state index is -1.33. The molecule has 3 aromatic carbocycles. The highest BCUT2D eigenvalue weighted by Crippen LogP contribution is 2.33. The first kappa shape index (κ1) is 66.0. The largest absolute Gasteiger partial charge is 0.480 e. The fraction of sp³-hybridized carbons (Fsp3) is 0.469. The molecule has 0 spiro atoms. The molecule has 5 atom stereocenters. The van der Waals surface area contributed by atoms with E-state index in [2.05, 4.69) is 31.2 Å². The molecule has 25 nitrogen and oxygen atoms in total. The van der Waals surface area contributed by atoms with Gasteiger partial charge in [0.15, 0.2) is 0 Å². The molecule has 0 radical (unpaired) electrons. The van der Waals surface area contributed by atoms with Crippen molar-refractivity contribution in [3.05, 3.63) is 137 Å². The number of carboxylic acid groups (broad SMARTS) is 1. The Kier molecular flexibility index (Phi) is 23.6. The van der Waals surface area contributed by atoms with E-state index in [9.17, 15) is 48.3 Å². The summed E-state index contributed by atoms with van der Waals surface area (Å²) in [6.45, 7) is 6.71. The van der Waals surface area contributed by atoms with Crippen LogP contribution in [-0.4, -0.2) is 181 Å². The number of nitrogens with one attached hydrogen (secondary N) is 4. The van der Waals surface area contributed by atoms with E-state index in [4.69, 9.17) is 24.7 Å². The molecule has 3 aliphatic heterocycles. The number of piperidine rings is 1. The maximum absolute atomic E-state index is 14.7. The second kappa shape index (κ2) is 31.8. The summed E-state index contributed by atoms with van der Waals surface area (Å²) in [5, 5.41) is 22.8. The van der Waals surface area contributed by atoms with Gasteiger partial charge in [0.2, 0.25) is 29.5 Å². The van der Waals surface area contributed by atoms with Gasteiger partial charge in [-0.1, -0.05) is 84.9 Å². The molecule has 3 saturated heterocycles. The summed E-state index contributed by atoms with van der Waals surface area (Å²) in [7, 11) is 0. The molecular formula is C64H81N11O14. The number of benzene rings is 3. The highest BCUT2D eigenvalue weighted by molar-refractivity contribution is 5.98. The molecule has 3 fully saturated rings. The third-order valence-electron chi connectivity index (χ3n) is 15.7. The van der Waals surface area contributed by atoms with Crippen LogP contribution in [0.2, 0.25) is 0 Å². The van der Waals surface area contributed by atoms with E-state index in [0.29, 0.717) is 31.5 Å². The lowest BCUT2D eigenvalue weighted by Crippen LogP contribution is -2.62. The SMILES string of the molecule is CC(C)(C)OC(=O)N[C@H]1CN(C(=O)NCCOCCOCCOCCN(C(=O)[C@H]2CCCN(c3cncc4ccccc34)C2)c2ccc(=O)n(CC(=O)O)c2)CC[C@H]2CC[C@@H](C(=O)NC(CCC(N)=O)C(=O)NC(c3ccccc3)c3ccccc3)N2C1=O. The number of alkyl carbamates (subject to hydrolysis) is 1. The topological polar surface area (TPSA) is 316 Å². The highest BCUT2D eigenvalue weighted by Gasteiger charge is 2.46. The summed E-state index contributed by atoms with van der Waals surface area (Å²) >= 11 is 0. The average molecular weight is 1230 g/mol. The Bertz CT molecular complexity index is 3270. The van der Waals surface area contributed by atoms with Crippen molar-refractivity contribution in [2.45, 2.75) is 108 Å². The van der Waals surface area contributed by atoms with Gasteiger partial charge in [0.25, 0.3) is 5.56 Å².